The van der Waals surface area contributed by atoms with Gasteiger partial charge < -0.3 is 34.6 Å². The van der Waals surface area contributed by atoms with Gasteiger partial charge in [-0.15, -0.1) is 0 Å². The van der Waals surface area contributed by atoms with Gasteiger partial charge in [-0.3, -0.25) is 4.79 Å². The molecule has 3 N–H and O–H groups in total. The van der Waals surface area contributed by atoms with Crippen LogP contribution < -0.4 is 10.1 Å². The molecule has 36 heavy (non-hydrogen) atoms. The molecule has 0 spiro atoms. The van der Waals surface area contributed by atoms with E-state index in [9.17, 15) is 20.3 Å². The van der Waals surface area contributed by atoms with Crippen molar-refractivity contribution in [3.05, 3.63) is 65.2 Å². The van der Waals surface area contributed by atoms with Crippen LogP contribution in [0.2, 0.25) is 0 Å². The number of aliphatic hydroxyl groups is 2. The summed E-state index contributed by atoms with van der Waals surface area (Å²) in [5, 5.41) is 33.7. The molecule has 1 aliphatic carbocycles. The number of ether oxygens (including phenoxy) is 3. The van der Waals surface area contributed by atoms with Crippen LogP contribution in [0.1, 0.15) is 29.5 Å². The Morgan fingerprint density at radius 3 is 2.67 bits per heavy atom. The van der Waals surface area contributed by atoms with E-state index in [0.717, 1.165) is 5.56 Å². The highest BCUT2D eigenvalue weighted by Gasteiger charge is 2.51. The quantitative estimate of drug-likeness (QED) is 0.428. The molecule has 2 aromatic rings. The van der Waals surface area contributed by atoms with Crippen molar-refractivity contribution in [3.8, 4) is 11.8 Å². The van der Waals surface area contributed by atoms with E-state index in [1.54, 1.807) is 31.4 Å². The molecule has 0 heterocycles. The molecule has 4 atom stereocenters. The lowest BCUT2D eigenvalue weighted by Gasteiger charge is -2.44. The number of nitriles is 1. The Kier molecular flexibility index (Phi) is 9.81. The summed E-state index contributed by atoms with van der Waals surface area (Å²) in [5.74, 6) is 0.293. The molecule has 0 radical (unpaired) electrons. The molecule has 0 saturated heterocycles. The van der Waals surface area contributed by atoms with Gasteiger partial charge in [0, 0.05) is 25.9 Å². The van der Waals surface area contributed by atoms with E-state index in [2.05, 4.69) is 11.4 Å². The maximum Gasteiger partial charge on any atom is 0.252 e. The highest BCUT2D eigenvalue weighted by Crippen LogP contribution is 2.36. The van der Waals surface area contributed by atoms with Gasteiger partial charge in [0.1, 0.15) is 11.9 Å². The summed E-state index contributed by atoms with van der Waals surface area (Å²) in [7, 11) is 5.39. The molecule has 1 fully saturated rings. The fourth-order valence-electron chi connectivity index (χ4n) is 4.25. The first-order chi connectivity index (χ1) is 17.3. The van der Waals surface area contributed by atoms with Gasteiger partial charge in [-0.25, -0.2) is 0 Å². The van der Waals surface area contributed by atoms with Gasteiger partial charge in [-0.2, -0.15) is 5.26 Å². The number of methoxy groups -OCH3 is 1. The van der Waals surface area contributed by atoms with Crippen LogP contribution in [0.15, 0.2) is 48.5 Å². The van der Waals surface area contributed by atoms with E-state index in [4.69, 9.17) is 14.2 Å². The van der Waals surface area contributed by atoms with E-state index in [1.165, 1.54) is 0 Å². The summed E-state index contributed by atoms with van der Waals surface area (Å²) in [6.45, 7) is 1.18. The minimum atomic E-state index is -1.42. The highest BCUT2D eigenvalue weighted by molar-refractivity contribution is 5.85. The maximum atomic E-state index is 13.4. The Bertz CT molecular complexity index is 1060. The van der Waals surface area contributed by atoms with Crippen LogP contribution in [0.25, 0.3) is 0 Å². The van der Waals surface area contributed by atoms with Crippen molar-refractivity contribution in [3.63, 3.8) is 0 Å². The zero-order valence-electron chi connectivity index (χ0n) is 21.0. The van der Waals surface area contributed by atoms with Crippen LogP contribution in [0.5, 0.6) is 5.75 Å². The van der Waals surface area contributed by atoms with Crippen LogP contribution in [0, 0.1) is 11.3 Å². The fourth-order valence-corrected chi connectivity index (χ4v) is 4.25. The third-order valence-electron chi connectivity index (χ3n) is 6.34. The Hall–Kier alpha value is -3.00. The molecular weight excluding hydrogens is 462 g/mol. The Morgan fingerprint density at radius 2 is 1.94 bits per heavy atom. The fraction of sp³-hybridized carbons (Fsp3) is 0.481. The van der Waals surface area contributed by atoms with Gasteiger partial charge in [0.15, 0.2) is 5.60 Å². The molecular formula is C27H35N3O6. The average molecular weight is 498 g/mol. The zero-order chi connectivity index (χ0) is 26.1. The lowest BCUT2D eigenvalue weighted by molar-refractivity contribution is -0.200. The lowest BCUT2D eigenvalue weighted by Crippen LogP contribution is -2.61. The van der Waals surface area contributed by atoms with E-state index in [0.29, 0.717) is 30.0 Å². The first-order valence-corrected chi connectivity index (χ1v) is 11.9. The van der Waals surface area contributed by atoms with Gasteiger partial charge >= 0.3 is 0 Å². The Balaban J connectivity index is 1.81. The van der Waals surface area contributed by atoms with Crippen molar-refractivity contribution >= 4 is 5.91 Å². The highest BCUT2D eigenvalue weighted by atomic mass is 16.5. The minimum absolute atomic E-state index is 0.0394. The van der Waals surface area contributed by atoms with Gasteiger partial charge in [-0.05, 0) is 43.4 Å². The molecule has 1 amide bonds. The molecule has 3 rings (SSSR count). The predicted molar refractivity (Wildman–Crippen MR) is 133 cm³/mol. The SMILES string of the molecule is COc1cccc(CO[C@]2(C(=O)NCCN(C)C)CC(OCc3ccccc3C#N)[C@H](O)[C@H](O)C2)c1. The smallest absolute Gasteiger partial charge is 0.252 e. The molecule has 0 aromatic heterocycles. The molecule has 0 bridgehead atoms. The summed E-state index contributed by atoms with van der Waals surface area (Å²) in [6.07, 6.45) is -3.37. The van der Waals surface area contributed by atoms with Crippen molar-refractivity contribution in [1.29, 1.82) is 5.26 Å². The first-order valence-electron chi connectivity index (χ1n) is 11.9. The first kappa shape index (κ1) is 27.6. The third kappa shape index (κ3) is 7.03. The number of benzene rings is 2. The predicted octanol–water partition coefficient (Wildman–Crippen LogP) is 1.60. The van der Waals surface area contributed by atoms with Crippen molar-refractivity contribution in [1.82, 2.24) is 10.2 Å². The van der Waals surface area contributed by atoms with Gasteiger partial charge in [0.05, 0.1) is 44.2 Å². The molecule has 0 aliphatic heterocycles. The number of rotatable bonds is 11. The molecule has 1 aliphatic rings. The van der Waals surface area contributed by atoms with Crippen molar-refractivity contribution in [2.24, 2.45) is 0 Å². The monoisotopic (exact) mass is 497 g/mol. The van der Waals surface area contributed by atoms with Crippen molar-refractivity contribution in [2.75, 3.05) is 34.3 Å². The number of carbonyl (C=O) groups is 1. The number of hydrogen-bond acceptors (Lipinski definition) is 8. The lowest BCUT2D eigenvalue weighted by atomic mass is 9.78. The van der Waals surface area contributed by atoms with Crippen molar-refractivity contribution < 1.29 is 29.2 Å². The normalized spacial score (nSPS) is 23.8. The van der Waals surface area contributed by atoms with E-state index >= 15 is 0 Å². The van der Waals surface area contributed by atoms with Crippen LogP contribution in [0.3, 0.4) is 0 Å². The zero-order valence-corrected chi connectivity index (χ0v) is 21.0. The van der Waals surface area contributed by atoms with Crippen LogP contribution >= 0.6 is 0 Å². The number of amides is 1. The number of likely N-dealkylation sites (N-methyl/N-ethyl adjacent to an activating group) is 1. The topological polar surface area (TPSA) is 124 Å². The molecule has 194 valence electrons. The molecule has 9 heteroatoms. The molecule has 1 unspecified atom stereocenters. The number of carbonyl (C=O) groups excluding carboxylic acids is 1. The average Bonchev–Trinajstić information content (AvgIpc) is 2.88. The molecule has 1 saturated carbocycles. The Labute approximate surface area is 212 Å². The van der Waals surface area contributed by atoms with Crippen molar-refractivity contribution in [2.45, 2.75) is 50.0 Å². The van der Waals surface area contributed by atoms with Crippen LogP contribution in [-0.2, 0) is 27.5 Å². The van der Waals surface area contributed by atoms with Crippen LogP contribution in [-0.4, -0.2) is 79.2 Å². The molecule has 2 aromatic carbocycles. The summed E-state index contributed by atoms with van der Waals surface area (Å²) in [5.41, 5.74) is 0.500. The third-order valence-corrected chi connectivity index (χ3v) is 6.34. The second-order valence-corrected chi connectivity index (χ2v) is 9.28. The summed E-state index contributed by atoms with van der Waals surface area (Å²) in [6, 6.07) is 16.5. The van der Waals surface area contributed by atoms with Gasteiger partial charge in [0.2, 0.25) is 0 Å². The van der Waals surface area contributed by atoms with Crippen LogP contribution in [0.4, 0.5) is 0 Å². The number of aliphatic hydroxyl groups excluding tert-OH is 2. The number of hydrogen-bond donors (Lipinski definition) is 3. The largest absolute Gasteiger partial charge is 0.497 e. The molecule has 9 nitrogen and oxygen atoms in total. The maximum absolute atomic E-state index is 13.4. The van der Waals surface area contributed by atoms with E-state index in [-0.39, 0.29) is 32.0 Å². The second kappa shape index (κ2) is 12.8. The minimum Gasteiger partial charge on any atom is -0.497 e. The van der Waals surface area contributed by atoms with Gasteiger partial charge in [0.25, 0.3) is 5.91 Å². The number of nitrogens with one attached hydrogen (secondary N) is 1. The number of nitrogens with zero attached hydrogens (tertiary/aromatic N) is 2. The van der Waals surface area contributed by atoms with Gasteiger partial charge in [-0.1, -0.05) is 30.3 Å². The Morgan fingerprint density at radius 1 is 1.17 bits per heavy atom. The summed E-state index contributed by atoms with van der Waals surface area (Å²) < 4.78 is 17.5. The standard InChI is InChI=1S/C27H35N3O6/c1-30(2)12-11-29-26(33)27(36-17-19-7-6-10-22(13-19)34-3)14-23(31)25(32)24(15-27)35-18-21-9-5-4-8-20(21)16-28/h4-10,13,23-25,31-32H,11-12,14-15,17-18H2,1-3H3,(H,29,33)/t23-,24?,25-,27+/m1/s1. The summed E-state index contributed by atoms with van der Waals surface area (Å²) in [4.78, 5) is 15.4. The van der Waals surface area contributed by atoms with E-state index < -0.39 is 23.9 Å². The summed E-state index contributed by atoms with van der Waals surface area (Å²) >= 11 is 0. The second-order valence-electron chi connectivity index (χ2n) is 9.28. The van der Waals surface area contributed by atoms with E-state index in [1.807, 2.05) is 43.3 Å².